The van der Waals surface area contributed by atoms with E-state index >= 15 is 0 Å². The number of rotatable bonds is 1. The van der Waals surface area contributed by atoms with Crippen molar-refractivity contribution in [2.45, 2.75) is 13.8 Å². The van der Waals surface area contributed by atoms with Crippen LogP contribution in [0.25, 0.3) is 38.6 Å². The molecule has 3 heteroatoms. The van der Waals surface area contributed by atoms with Crippen LogP contribution in [0.2, 0.25) is 0 Å². The summed E-state index contributed by atoms with van der Waals surface area (Å²) < 4.78 is 2.28. The van der Waals surface area contributed by atoms with Gasteiger partial charge in [-0.25, -0.2) is 0 Å². The zero-order valence-corrected chi connectivity index (χ0v) is 17.0. The molecule has 0 amide bonds. The summed E-state index contributed by atoms with van der Waals surface area (Å²) >= 11 is 0. The molecular weight excluding hydrogens is 496 g/mol. The van der Waals surface area contributed by atoms with Crippen LogP contribution in [0.4, 0.5) is 0 Å². The Morgan fingerprint density at radius 1 is 0.846 bits per heavy atom. The van der Waals surface area contributed by atoms with Gasteiger partial charge >= 0.3 is 0 Å². The van der Waals surface area contributed by atoms with Gasteiger partial charge in [-0.05, 0) is 36.4 Å². The molecule has 1 radical (unpaired) electrons. The van der Waals surface area contributed by atoms with Gasteiger partial charge in [0.15, 0.2) is 0 Å². The first-order valence-electron chi connectivity index (χ1n) is 8.51. The van der Waals surface area contributed by atoms with E-state index in [0.717, 1.165) is 16.7 Å². The van der Waals surface area contributed by atoms with Crippen LogP contribution in [0.15, 0.2) is 66.9 Å². The number of aromatic nitrogens is 2. The van der Waals surface area contributed by atoms with E-state index in [1.54, 1.807) is 0 Å². The molecular formula is C23H17IrN2-. The Balaban J connectivity index is 0.00000168. The Hall–Kier alpha value is -2.48. The minimum atomic E-state index is 0. The second kappa shape index (κ2) is 6.35. The number of nitrogens with zero attached hydrogens (tertiary/aromatic N) is 2. The third-order valence-corrected chi connectivity index (χ3v) is 5.01. The van der Waals surface area contributed by atoms with E-state index in [-0.39, 0.29) is 20.1 Å². The molecule has 0 bridgehead atoms. The van der Waals surface area contributed by atoms with Gasteiger partial charge in [-0.3, -0.25) is 4.98 Å². The van der Waals surface area contributed by atoms with Crippen LogP contribution in [0.5, 0.6) is 0 Å². The maximum absolute atomic E-state index is 4.79. The summed E-state index contributed by atoms with van der Waals surface area (Å²) in [5.74, 6) is 0. The summed E-state index contributed by atoms with van der Waals surface area (Å²) in [7, 11) is 0. The molecule has 129 valence electrons. The number of hydrogen-bond donors (Lipinski definition) is 0. The van der Waals surface area contributed by atoms with Crippen molar-refractivity contribution in [3.8, 4) is 11.3 Å². The maximum Gasteiger partial charge on any atom is 0.0639 e. The van der Waals surface area contributed by atoms with Crippen LogP contribution in [-0.4, -0.2) is 9.38 Å². The molecule has 5 rings (SSSR count). The summed E-state index contributed by atoms with van der Waals surface area (Å²) in [5, 5.41) is 3.50. The van der Waals surface area contributed by atoms with Gasteiger partial charge in [0.1, 0.15) is 0 Å². The van der Waals surface area contributed by atoms with Gasteiger partial charge in [-0.15, -0.1) is 29.7 Å². The van der Waals surface area contributed by atoms with Gasteiger partial charge in [0.2, 0.25) is 0 Å². The normalized spacial score (nSPS) is 11.2. The topological polar surface area (TPSA) is 17.3 Å². The van der Waals surface area contributed by atoms with E-state index in [2.05, 4.69) is 72.8 Å². The number of para-hydroxylation sites is 1. The number of benzene rings is 3. The molecule has 0 saturated carbocycles. The molecule has 2 nitrogen and oxygen atoms in total. The van der Waals surface area contributed by atoms with E-state index in [1.165, 1.54) is 33.0 Å². The van der Waals surface area contributed by atoms with Crippen molar-refractivity contribution in [1.82, 2.24) is 9.38 Å². The molecule has 0 N–H and O–H groups in total. The molecule has 26 heavy (non-hydrogen) atoms. The van der Waals surface area contributed by atoms with Crippen molar-refractivity contribution < 1.29 is 20.1 Å². The van der Waals surface area contributed by atoms with Crippen molar-refractivity contribution >= 4 is 27.3 Å². The standard InChI is InChI=1S/C23H17N2.Ir/c1-15-8-7-9-16(2)22(15)21-14-24-23-19-12-4-3-10-17(19)18-11-5-6-13-20(18)25(21)23;/h3-11,13-14H,1-2H3;/q-1;. The average Bonchev–Trinajstić information content (AvgIpc) is 3.07. The van der Waals surface area contributed by atoms with Gasteiger partial charge in [0, 0.05) is 37.4 Å². The van der Waals surface area contributed by atoms with Crippen molar-refractivity contribution in [3.63, 3.8) is 0 Å². The average molecular weight is 514 g/mol. The largest absolute Gasteiger partial charge is 0.333 e. The minimum absolute atomic E-state index is 0. The fraction of sp³-hybridized carbons (Fsp3) is 0.0870. The Kier molecular flexibility index (Phi) is 4.14. The van der Waals surface area contributed by atoms with Gasteiger partial charge in [0.05, 0.1) is 11.3 Å². The quantitative estimate of drug-likeness (QED) is 0.207. The first kappa shape index (κ1) is 17.0. The summed E-state index contributed by atoms with van der Waals surface area (Å²) in [6.07, 6.45) is 2.00. The smallest absolute Gasteiger partial charge is 0.0639 e. The molecule has 0 saturated heterocycles. The fourth-order valence-corrected chi connectivity index (χ4v) is 3.91. The summed E-state index contributed by atoms with van der Waals surface area (Å²) in [6, 6.07) is 24.5. The van der Waals surface area contributed by atoms with E-state index < -0.39 is 0 Å². The van der Waals surface area contributed by atoms with Crippen molar-refractivity contribution in [1.29, 1.82) is 0 Å². The Bertz CT molecular complexity index is 1250. The van der Waals surface area contributed by atoms with Crippen LogP contribution in [0, 0.1) is 19.9 Å². The van der Waals surface area contributed by atoms with Crippen LogP contribution < -0.4 is 0 Å². The van der Waals surface area contributed by atoms with Crippen molar-refractivity contribution in [3.05, 3.63) is 84.1 Å². The van der Waals surface area contributed by atoms with Crippen molar-refractivity contribution in [2.24, 2.45) is 0 Å². The Morgan fingerprint density at radius 3 is 2.38 bits per heavy atom. The van der Waals surface area contributed by atoms with Crippen LogP contribution in [0.1, 0.15) is 11.1 Å². The second-order valence-corrected chi connectivity index (χ2v) is 6.55. The van der Waals surface area contributed by atoms with Crippen LogP contribution >= 0.6 is 0 Å². The number of pyridine rings is 1. The number of aryl methyl sites for hydroxylation is 2. The third kappa shape index (κ3) is 2.32. The van der Waals surface area contributed by atoms with Gasteiger partial charge in [-0.1, -0.05) is 41.8 Å². The molecule has 2 heterocycles. The molecule has 2 aromatic heterocycles. The summed E-state index contributed by atoms with van der Waals surface area (Å²) in [4.78, 5) is 4.79. The molecule has 0 spiro atoms. The van der Waals surface area contributed by atoms with Crippen molar-refractivity contribution in [2.75, 3.05) is 0 Å². The van der Waals surface area contributed by atoms with E-state index in [9.17, 15) is 0 Å². The molecule has 0 aliphatic heterocycles. The van der Waals surface area contributed by atoms with E-state index in [4.69, 9.17) is 4.98 Å². The molecule has 0 aliphatic carbocycles. The number of hydrogen-bond acceptors (Lipinski definition) is 1. The monoisotopic (exact) mass is 514 g/mol. The molecule has 0 aliphatic rings. The maximum atomic E-state index is 4.79. The van der Waals surface area contributed by atoms with Gasteiger partial charge in [0.25, 0.3) is 0 Å². The van der Waals surface area contributed by atoms with E-state index in [1.807, 2.05) is 18.3 Å². The number of imidazole rings is 1. The molecule has 0 fully saturated rings. The summed E-state index contributed by atoms with van der Waals surface area (Å²) in [5.41, 5.74) is 7.08. The predicted octanol–water partition coefficient (Wildman–Crippen LogP) is 5.72. The molecule has 5 aromatic rings. The minimum Gasteiger partial charge on any atom is -0.333 e. The zero-order valence-electron chi connectivity index (χ0n) is 14.6. The Morgan fingerprint density at radius 2 is 1.58 bits per heavy atom. The molecule has 0 atom stereocenters. The molecule has 0 unspecified atom stereocenters. The first-order valence-corrected chi connectivity index (χ1v) is 8.51. The third-order valence-electron chi connectivity index (χ3n) is 5.01. The SMILES string of the molecule is Cc1cccc(C)c1-c1cnc2c3[c-]cccc3c3ccccc3n12.[Ir]. The van der Waals surface area contributed by atoms with Crippen LogP contribution in [0.3, 0.4) is 0 Å². The zero-order chi connectivity index (χ0) is 17.0. The van der Waals surface area contributed by atoms with E-state index in [0.29, 0.717) is 0 Å². The first-order chi connectivity index (χ1) is 12.3. The van der Waals surface area contributed by atoms with Gasteiger partial charge < -0.3 is 4.40 Å². The molecule has 3 aromatic carbocycles. The second-order valence-electron chi connectivity index (χ2n) is 6.55. The summed E-state index contributed by atoms with van der Waals surface area (Å²) in [6.45, 7) is 4.33. The van der Waals surface area contributed by atoms with Gasteiger partial charge in [-0.2, -0.15) is 0 Å². The predicted molar refractivity (Wildman–Crippen MR) is 104 cm³/mol. The number of fused-ring (bicyclic) bond motifs is 6. The fourth-order valence-electron chi connectivity index (χ4n) is 3.91. The van der Waals surface area contributed by atoms with Crippen LogP contribution in [-0.2, 0) is 20.1 Å². The Labute approximate surface area is 165 Å².